The largest absolute Gasteiger partial charge is 0.370 e. The van der Waals surface area contributed by atoms with Crippen LogP contribution in [0.1, 0.15) is 6.92 Å². The molecule has 1 heterocycles. The number of rotatable bonds is 0. The maximum atomic E-state index is 5.26. The average Bonchev–Trinajstić information content (AvgIpc) is 1.87. The van der Waals surface area contributed by atoms with Gasteiger partial charge in [0.05, 0.1) is 6.54 Å². The Morgan fingerprint density at radius 3 is 2.86 bits per heavy atom. The highest BCUT2D eigenvalue weighted by Crippen LogP contribution is 1.88. The second kappa shape index (κ2) is 1.40. The molecule has 3 nitrogen and oxygen atoms in total. The molecule has 1 aliphatic heterocycles. The van der Waals surface area contributed by atoms with Gasteiger partial charge in [-0.25, -0.2) is 0 Å². The molecule has 7 heavy (non-hydrogen) atoms. The average molecular weight is 99.1 g/mol. The number of guanidine groups is 1. The Balaban J connectivity index is 2.42. The third kappa shape index (κ3) is 0.824. The highest BCUT2D eigenvalue weighted by molar-refractivity contribution is 5.79. The Hall–Kier alpha value is -0.730. The fraction of sp³-hybridized carbons (Fsp3) is 0.750. The lowest BCUT2D eigenvalue weighted by molar-refractivity contribution is 0.724. The molecule has 0 aliphatic carbocycles. The van der Waals surface area contributed by atoms with Gasteiger partial charge in [0.25, 0.3) is 0 Å². The summed E-state index contributed by atoms with van der Waals surface area (Å²) in [5.74, 6) is 0.576. The lowest BCUT2D eigenvalue weighted by Crippen LogP contribution is -2.32. The summed E-state index contributed by atoms with van der Waals surface area (Å²) in [7, 11) is 0. The Bertz CT molecular complexity index is 97.1. The SMILES string of the molecule is CC1CN=C(N)N1. The van der Waals surface area contributed by atoms with Gasteiger partial charge in [0.2, 0.25) is 0 Å². The fourth-order valence-corrected chi connectivity index (χ4v) is 0.579. The predicted molar refractivity (Wildman–Crippen MR) is 29.1 cm³/mol. The van der Waals surface area contributed by atoms with E-state index >= 15 is 0 Å². The van der Waals surface area contributed by atoms with Crippen molar-refractivity contribution < 1.29 is 0 Å². The summed E-state index contributed by atoms with van der Waals surface area (Å²) in [6.07, 6.45) is 0. The molecule has 1 atom stereocenters. The second-order valence-electron chi connectivity index (χ2n) is 1.77. The van der Waals surface area contributed by atoms with Crippen molar-refractivity contribution in [3.05, 3.63) is 0 Å². The zero-order valence-electron chi connectivity index (χ0n) is 4.31. The Morgan fingerprint density at radius 2 is 2.71 bits per heavy atom. The normalized spacial score (nSPS) is 29.3. The van der Waals surface area contributed by atoms with E-state index in [1.165, 1.54) is 0 Å². The van der Waals surface area contributed by atoms with Gasteiger partial charge in [-0.3, -0.25) is 4.99 Å². The van der Waals surface area contributed by atoms with E-state index < -0.39 is 0 Å². The number of hydrogen-bond donors (Lipinski definition) is 2. The van der Waals surface area contributed by atoms with E-state index in [1.807, 2.05) is 6.92 Å². The fourth-order valence-electron chi connectivity index (χ4n) is 0.579. The van der Waals surface area contributed by atoms with Crippen LogP contribution in [0.15, 0.2) is 4.99 Å². The first-order valence-corrected chi connectivity index (χ1v) is 2.35. The van der Waals surface area contributed by atoms with Crippen molar-refractivity contribution in [2.24, 2.45) is 10.7 Å². The molecule has 3 heteroatoms. The van der Waals surface area contributed by atoms with Crippen molar-refractivity contribution in [3.8, 4) is 0 Å². The van der Waals surface area contributed by atoms with Crippen LogP contribution in [0, 0.1) is 0 Å². The first-order valence-electron chi connectivity index (χ1n) is 2.35. The molecule has 0 radical (unpaired) electrons. The van der Waals surface area contributed by atoms with E-state index in [4.69, 9.17) is 5.73 Å². The second-order valence-corrected chi connectivity index (χ2v) is 1.77. The van der Waals surface area contributed by atoms with Crippen LogP contribution in [-0.2, 0) is 0 Å². The van der Waals surface area contributed by atoms with Crippen molar-refractivity contribution in [2.75, 3.05) is 6.54 Å². The Kier molecular flexibility index (Phi) is 0.889. The first-order chi connectivity index (χ1) is 3.29. The molecule has 3 N–H and O–H groups in total. The van der Waals surface area contributed by atoms with E-state index in [0.717, 1.165) is 6.54 Å². The molecule has 0 bridgehead atoms. The zero-order valence-corrected chi connectivity index (χ0v) is 4.31. The standard InChI is InChI=1S/C4H9N3/c1-3-2-6-4(5)7-3/h3H,2H2,1H3,(H3,5,6,7). The molecule has 0 saturated heterocycles. The highest BCUT2D eigenvalue weighted by Gasteiger charge is 2.06. The van der Waals surface area contributed by atoms with Gasteiger partial charge in [-0.15, -0.1) is 0 Å². The summed E-state index contributed by atoms with van der Waals surface area (Å²) in [6.45, 7) is 2.87. The number of hydrogen-bond acceptors (Lipinski definition) is 3. The monoisotopic (exact) mass is 99.1 g/mol. The molecular weight excluding hydrogens is 90.1 g/mol. The summed E-state index contributed by atoms with van der Waals surface area (Å²) < 4.78 is 0. The van der Waals surface area contributed by atoms with E-state index in [-0.39, 0.29) is 0 Å². The minimum atomic E-state index is 0.444. The number of nitrogens with two attached hydrogens (primary N) is 1. The molecule has 0 saturated carbocycles. The van der Waals surface area contributed by atoms with Gasteiger partial charge < -0.3 is 11.1 Å². The summed E-state index contributed by atoms with van der Waals surface area (Å²) in [5, 5.41) is 2.94. The van der Waals surface area contributed by atoms with Crippen LogP contribution in [0.3, 0.4) is 0 Å². The van der Waals surface area contributed by atoms with Crippen molar-refractivity contribution in [2.45, 2.75) is 13.0 Å². The van der Waals surface area contributed by atoms with Crippen LogP contribution in [-0.4, -0.2) is 18.5 Å². The minimum absolute atomic E-state index is 0.444. The quantitative estimate of drug-likeness (QED) is 0.421. The topological polar surface area (TPSA) is 50.4 Å². The van der Waals surface area contributed by atoms with Gasteiger partial charge >= 0.3 is 0 Å². The smallest absolute Gasteiger partial charge is 0.188 e. The van der Waals surface area contributed by atoms with Crippen LogP contribution in [0.25, 0.3) is 0 Å². The van der Waals surface area contributed by atoms with Crippen molar-refractivity contribution in [3.63, 3.8) is 0 Å². The maximum Gasteiger partial charge on any atom is 0.188 e. The Labute approximate surface area is 42.6 Å². The summed E-state index contributed by atoms with van der Waals surface area (Å²) in [5.41, 5.74) is 5.26. The lowest BCUT2D eigenvalue weighted by Gasteiger charge is -1.98. The van der Waals surface area contributed by atoms with Gasteiger partial charge in [0, 0.05) is 6.04 Å². The van der Waals surface area contributed by atoms with Gasteiger partial charge in [-0.2, -0.15) is 0 Å². The van der Waals surface area contributed by atoms with Gasteiger partial charge in [-0.05, 0) is 6.92 Å². The Morgan fingerprint density at radius 1 is 2.00 bits per heavy atom. The van der Waals surface area contributed by atoms with Crippen LogP contribution >= 0.6 is 0 Å². The molecule has 0 aromatic carbocycles. The van der Waals surface area contributed by atoms with Crippen molar-refractivity contribution in [1.29, 1.82) is 0 Å². The minimum Gasteiger partial charge on any atom is -0.370 e. The summed E-state index contributed by atoms with van der Waals surface area (Å²) in [4.78, 5) is 3.90. The van der Waals surface area contributed by atoms with Gasteiger partial charge in [0.15, 0.2) is 5.96 Å². The van der Waals surface area contributed by atoms with E-state index in [0.29, 0.717) is 12.0 Å². The first kappa shape index (κ1) is 4.43. The van der Waals surface area contributed by atoms with E-state index in [2.05, 4.69) is 10.3 Å². The molecule has 40 valence electrons. The van der Waals surface area contributed by atoms with Crippen LogP contribution < -0.4 is 11.1 Å². The predicted octanol–water partition coefficient (Wildman–Crippen LogP) is -0.707. The molecule has 0 aromatic heterocycles. The van der Waals surface area contributed by atoms with Crippen molar-refractivity contribution >= 4 is 5.96 Å². The molecule has 1 rings (SSSR count). The third-order valence-corrected chi connectivity index (χ3v) is 0.930. The number of aliphatic imine (C=N–C) groups is 1. The molecule has 0 spiro atoms. The molecular formula is C4H9N3. The maximum absolute atomic E-state index is 5.26. The van der Waals surface area contributed by atoms with Crippen LogP contribution in [0.4, 0.5) is 0 Å². The number of nitrogens with one attached hydrogen (secondary N) is 1. The van der Waals surface area contributed by atoms with Crippen molar-refractivity contribution in [1.82, 2.24) is 5.32 Å². The number of nitrogens with zero attached hydrogens (tertiary/aromatic N) is 1. The summed E-state index contributed by atoms with van der Waals surface area (Å²) >= 11 is 0. The van der Waals surface area contributed by atoms with Gasteiger partial charge in [-0.1, -0.05) is 0 Å². The molecule has 1 aliphatic rings. The van der Waals surface area contributed by atoms with Gasteiger partial charge in [0.1, 0.15) is 0 Å². The lowest BCUT2D eigenvalue weighted by atomic mass is 10.4. The zero-order chi connectivity index (χ0) is 5.28. The van der Waals surface area contributed by atoms with E-state index in [9.17, 15) is 0 Å². The van der Waals surface area contributed by atoms with Crippen LogP contribution in [0.5, 0.6) is 0 Å². The molecule has 0 aromatic rings. The highest BCUT2D eigenvalue weighted by atomic mass is 15.2. The molecule has 0 fully saturated rings. The van der Waals surface area contributed by atoms with Crippen LogP contribution in [0.2, 0.25) is 0 Å². The third-order valence-electron chi connectivity index (χ3n) is 0.930. The summed E-state index contributed by atoms with van der Waals surface area (Å²) in [6, 6.07) is 0.444. The molecule has 0 amide bonds. The van der Waals surface area contributed by atoms with E-state index in [1.54, 1.807) is 0 Å². The molecule has 1 unspecified atom stereocenters.